The monoisotopic (exact) mass is 379 g/mol. The number of carbonyl (C=O) groups excluding carboxylic acids is 2. The Kier molecular flexibility index (Phi) is 5.40. The average Bonchev–Trinajstić information content (AvgIpc) is 2.48. The molecule has 0 fully saturated rings. The van der Waals surface area contributed by atoms with Crippen LogP contribution in [0.2, 0.25) is 10.0 Å². The summed E-state index contributed by atoms with van der Waals surface area (Å²) in [6, 6.07) is 1.31. The lowest BCUT2D eigenvalue weighted by atomic mass is 10.1. The van der Waals surface area contributed by atoms with Crippen LogP contribution >= 0.6 is 23.2 Å². The molecule has 0 saturated carbocycles. The minimum atomic E-state index is -4.64. The highest BCUT2D eigenvalue weighted by Crippen LogP contribution is 2.41. The molecule has 0 aromatic heterocycles. The summed E-state index contributed by atoms with van der Waals surface area (Å²) < 4.78 is 43.5. The molecule has 1 aliphatic rings. The second-order valence-corrected chi connectivity index (χ2v) is 5.51. The summed E-state index contributed by atoms with van der Waals surface area (Å²) in [4.78, 5) is 24.3. The Hall–Kier alpha value is -1.79. The zero-order valence-corrected chi connectivity index (χ0v) is 13.7. The third-order valence-electron chi connectivity index (χ3n) is 3.18. The smallest absolute Gasteiger partial charge is 0.369 e. The second kappa shape index (κ2) is 6.99. The van der Waals surface area contributed by atoms with Crippen molar-refractivity contribution >= 4 is 40.7 Å². The molecule has 0 radical (unpaired) electrons. The highest BCUT2D eigenvalue weighted by Gasteiger charge is 2.35. The second-order valence-electron chi connectivity index (χ2n) is 4.69. The maximum absolute atomic E-state index is 12.8. The van der Waals surface area contributed by atoms with Gasteiger partial charge in [0.1, 0.15) is 17.6 Å². The number of halogens is 5. The molecule has 1 aromatic rings. The fraction of sp³-hybridized carbons (Fsp3) is 0.267. The van der Waals surface area contributed by atoms with E-state index in [9.17, 15) is 22.8 Å². The van der Waals surface area contributed by atoms with Crippen molar-refractivity contribution in [2.75, 3.05) is 11.5 Å². The van der Waals surface area contributed by atoms with Gasteiger partial charge < -0.3 is 4.74 Å². The van der Waals surface area contributed by atoms with Gasteiger partial charge in [0.15, 0.2) is 0 Å². The molecule has 2 rings (SSSR count). The highest BCUT2D eigenvalue weighted by molar-refractivity contribution is 6.40. The zero-order valence-electron chi connectivity index (χ0n) is 12.2. The summed E-state index contributed by atoms with van der Waals surface area (Å²) in [7, 11) is 0. The Morgan fingerprint density at radius 3 is 2.33 bits per heavy atom. The van der Waals surface area contributed by atoms with Gasteiger partial charge >= 0.3 is 6.18 Å². The summed E-state index contributed by atoms with van der Waals surface area (Å²) in [5, 5.41) is -0.763. The molecular weight excluding hydrogens is 370 g/mol. The van der Waals surface area contributed by atoms with E-state index in [1.54, 1.807) is 6.92 Å². The number of benzene rings is 1. The minimum Gasteiger partial charge on any atom is -0.369 e. The summed E-state index contributed by atoms with van der Waals surface area (Å²) in [5.74, 6) is 0.671. The maximum atomic E-state index is 12.8. The van der Waals surface area contributed by atoms with Crippen LogP contribution in [0.4, 0.5) is 18.9 Å². The fourth-order valence-electron chi connectivity index (χ4n) is 2.14. The standard InChI is InChI=1S/C15H10Cl2F3NO3/c1-2-24-12-3-4-21(14(23)9(12)7-22)13-10(16)5-8(6-11(13)17)15(18,19)20/h3-6,12H,2H2,1H3. The van der Waals surface area contributed by atoms with Gasteiger partial charge in [-0.2, -0.15) is 13.2 Å². The first-order valence-corrected chi connectivity index (χ1v) is 7.41. The molecule has 4 nitrogen and oxygen atoms in total. The van der Waals surface area contributed by atoms with Crippen LogP contribution in [0, 0.1) is 0 Å². The van der Waals surface area contributed by atoms with Crippen molar-refractivity contribution in [1.82, 2.24) is 0 Å². The number of anilines is 1. The van der Waals surface area contributed by atoms with Crippen LogP contribution in [0.3, 0.4) is 0 Å². The first-order chi connectivity index (χ1) is 11.2. The molecule has 0 saturated heterocycles. The first-order valence-electron chi connectivity index (χ1n) is 6.65. The number of amides is 1. The quantitative estimate of drug-likeness (QED) is 0.588. The molecule has 9 heteroatoms. The van der Waals surface area contributed by atoms with Gasteiger partial charge in [-0.15, -0.1) is 0 Å². The minimum absolute atomic E-state index is 0.157. The predicted molar refractivity (Wildman–Crippen MR) is 82.7 cm³/mol. The normalized spacial score (nSPS) is 18.1. The van der Waals surface area contributed by atoms with E-state index in [0.717, 1.165) is 4.90 Å². The number of nitrogens with zero attached hydrogens (tertiary/aromatic N) is 1. The van der Waals surface area contributed by atoms with E-state index in [-0.39, 0.29) is 27.9 Å². The van der Waals surface area contributed by atoms with Crippen LogP contribution < -0.4 is 4.90 Å². The number of hydrogen-bond acceptors (Lipinski definition) is 3. The van der Waals surface area contributed by atoms with Gasteiger partial charge in [-0.05, 0) is 25.1 Å². The summed E-state index contributed by atoms with van der Waals surface area (Å²) in [6.45, 7) is 1.92. The largest absolute Gasteiger partial charge is 0.416 e. The lowest BCUT2D eigenvalue weighted by Crippen LogP contribution is -2.37. The van der Waals surface area contributed by atoms with Crippen LogP contribution in [0.1, 0.15) is 12.5 Å². The molecule has 1 aliphatic heterocycles. The Morgan fingerprint density at radius 2 is 1.88 bits per heavy atom. The summed E-state index contributed by atoms with van der Waals surface area (Å²) in [6.07, 6.45) is -2.90. The molecule has 1 heterocycles. The zero-order chi connectivity index (χ0) is 18.1. The molecule has 0 spiro atoms. The van der Waals surface area contributed by atoms with Crippen LogP contribution in [0.25, 0.3) is 0 Å². The number of ether oxygens (including phenoxy) is 1. The number of alkyl halides is 3. The Morgan fingerprint density at radius 1 is 1.29 bits per heavy atom. The fourth-order valence-corrected chi connectivity index (χ4v) is 2.80. The molecule has 0 bridgehead atoms. The van der Waals surface area contributed by atoms with E-state index in [1.165, 1.54) is 18.2 Å². The van der Waals surface area contributed by atoms with E-state index < -0.39 is 23.8 Å². The molecule has 128 valence electrons. The van der Waals surface area contributed by atoms with Crippen molar-refractivity contribution in [2.24, 2.45) is 0 Å². The first kappa shape index (κ1) is 18.5. The number of carbonyl (C=O) groups is 1. The predicted octanol–water partition coefficient (Wildman–Crippen LogP) is 4.04. The highest BCUT2D eigenvalue weighted by atomic mass is 35.5. The van der Waals surface area contributed by atoms with Crippen LogP contribution in [-0.4, -0.2) is 24.6 Å². The SMILES string of the molecule is CCOC1C=CN(c2c(Cl)cc(C(F)(F)F)cc2Cl)C(=O)C1=C=O. The molecule has 1 aromatic carbocycles. The van der Waals surface area contributed by atoms with E-state index in [0.29, 0.717) is 12.1 Å². The topological polar surface area (TPSA) is 46.6 Å². The number of hydrogen-bond donors (Lipinski definition) is 0. The van der Waals surface area contributed by atoms with Crippen molar-refractivity contribution in [2.45, 2.75) is 19.2 Å². The maximum Gasteiger partial charge on any atom is 0.416 e. The van der Waals surface area contributed by atoms with Gasteiger partial charge in [-0.25, -0.2) is 4.79 Å². The third-order valence-corrected chi connectivity index (χ3v) is 3.76. The van der Waals surface area contributed by atoms with Gasteiger partial charge in [-0.3, -0.25) is 9.69 Å². The van der Waals surface area contributed by atoms with Gasteiger partial charge in [0.2, 0.25) is 0 Å². The van der Waals surface area contributed by atoms with Crippen molar-refractivity contribution in [3.05, 3.63) is 45.6 Å². The summed E-state index contributed by atoms with van der Waals surface area (Å²) >= 11 is 11.8. The van der Waals surface area contributed by atoms with Crippen LogP contribution in [0.15, 0.2) is 30.0 Å². The van der Waals surface area contributed by atoms with Gasteiger partial charge in [0.05, 0.1) is 21.3 Å². The van der Waals surface area contributed by atoms with Crippen molar-refractivity contribution in [3.8, 4) is 0 Å². The molecule has 1 amide bonds. The average molecular weight is 380 g/mol. The molecule has 1 atom stereocenters. The van der Waals surface area contributed by atoms with E-state index >= 15 is 0 Å². The van der Waals surface area contributed by atoms with Gasteiger partial charge in [0.25, 0.3) is 5.91 Å². The van der Waals surface area contributed by atoms with E-state index in [1.807, 2.05) is 0 Å². The molecule has 24 heavy (non-hydrogen) atoms. The molecule has 1 unspecified atom stereocenters. The lowest BCUT2D eigenvalue weighted by molar-refractivity contribution is -0.137. The third kappa shape index (κ3) is 3.49. The molecular formula is C15H10Cl2F3NO3. The Bertz CT molecular complexity index is 732. The van der Waals surface area contributed by atoms with E-state index in [2.05, 4.69) is 0 Å². The molecule has 0 N–H and O–H groups in total. The molecule has 0 aliphatic carbocycles. The summed E-state index contributed by atoms with van der Waals surface area (Å²) in [5.41, 5.74) is -1.53. The van der Waals surface area contributed by atoms with Crippen molar-refractivity contribution in [3.63, 3.8) is 0 Å². The van der Waals surface area contributed by atoms with Crippen LogP contribution in [0.5, 0.6) is 0 Å². The Labute approximate surface area is 145 Å². The lowest BCUT2D eigenvalue weighted by Gasteiger charge is -2.28. The Balaban J connectivity index is 2.51. The number of rotatable bonds is 3. The van der Waals surface area contributed by atoms with Crippen LogP contribution in [-0.2, 0) is 20.5 Å². The van der Waals surface area contributed by atoms with Gasteiger partial charge in [0, 0.05) is 12.8 Å². The van der Waals surface area contributed by atoms with E-state index in [4.69, 9.17) is 27.9 Å². The van der Waals surface area contributed by atoms with Gasteiger partial charge in [-0.1, -0.05) is 23.2 Å². The van der Waals surface area contributed by atoms with Crippen molar-refractivity contribution in [1.29, 1.82) is 0 Å². The van der Waals surface area contributed by atoms with Crippen molar-refractivity contribution < 1.29 is 27.5 Å².